The Hall–Kier alpha value is -3.14. The van der Waals surface area contributed by atoms with E-state index in [2.05, 4.69) is 5.32 Å². The van der Waals surface area contributed by atoms with E-state index in [1.807, 2.05) is 0 Å². The van der Waals surface area contributed by atoms with E-state index < -0.39 is 34.3 Å². The van der Waals surface area contributed by atoms with E-state index in [1.165, 1.54) is 59.5 Å². The molecule has 4 rings (SSSR count). The van der Waals surface area contributed by atoms with Crippen LogP contribution in [0.25, 0.3) is 0 Å². The molecule has 7 nitrogen and oxygen atoms in total. The summed E-state index contributed by atoms with van der Waals surface area (Å²) in [5.74, 6) is -1.39. The van der Waals surface area contributed by atoms with Crippen LogP contribution in [0.2, 0.25) is 10.0 Å². The van der Waals surface area contributed by atoms with Gasteiger partial charge in [-0.3, -0.25) is 13.9 Å². The summed E-state index contributed by atoms with van der Waals surface area (Å²) in [6.07, 6.45) is 4.90. The number of halogens is 3. The molecule has 3 aromatic carbocycles. The van der Waals surface area contributed by atoms with Crippen molar-refractivity contribution >= 4 is 50.7 Å². The number of carbonyl (C=O) groups is 2. The van der Waals surface area contributed by atoms with Gasteiger partial charge in [0.1, 0.15) is 18.4 Å². The molecule has 0 spiro atoms. The van der Waals surface area contributed by atoms with Crippen LogP contribution >= 0.6 is 23.2 Å². The van der Waals surface area contributed by atoms with Gasteiger partial charge in [0.05, 0.1) is 20.6 Å². The Morgan fingerprint density at radius 3 is 2.24 bits per heavy atom. The largest absolute Gasteiger partial charge is 0.352 e. The van der Waals surface area contributed by atoms with E-state index in [1.54, 1.807) is 25.1 Å². The molecule has 1 N–H and O–H groups in total. The summed E-state index contributed by atoms with van der Waals surface area (Å²) in [5.41, 5.74) is 0.724. The quantitative estimate of drug-likeness (QED) is 0.293. The molecule has 0 radical (unpaired) electrons. The fraction of sp³-hybridized carbons (Fsp3) is 0.333. The van der Waals surface area contributed by atoms with Gasteiger partial charge in [0.15, 0.2) is 0 Å². The molecule has 0 saturated heterocycles. The molecule has 2 amide bonds. The number of hydrogen-bond acceptors (Lipinski definition) is 4. The van der Waals surface area contributed by atoms with Crippen molar-refractivity contribution in [3.8, 4) is 0 Å². The van der Waals surface area contributed by atoms with Crippen molar-refractivity contribution in [3.63, 3.8) is 0 Å². The summed E-state index contributed by atoms with van der Waals surface area (Å²) in [6.45, 7) is 0.963. The predicted octanol–water partition coefficient (Wildman–Crippen LogP) is 6.19. The van der Waals surface area contributed by atoms with Crippen molar-refractivity contribution in [2.45, 2.75) is 62.6 Å². The molecule has 3 aromatic rings. The summed E-state index contributed by atoms with van der Waals surface area (Å²) >= 11 is 12.3. The third kappa shape index (κ3) is 7.78. The Balaban J connectivity index is 1.68. The summed E-state index contributed by atoms with van der Waals surface area (Å²) in [4.78, 5) is 28.6. The molecule has 11 heteroatoms. The van der Waals surface area contributed by atoms with Crippen molar-refractivity contribution in [1.82, 2.24) is 10.2 Å². The summed E-state index contributed by atoms with van der Waals surface area (Å²) in [6, 6.07) is 16.7. The number of nitrogens with one attached hydrogen (secondary N) is 1. The highest BCUT2D eigenvalue weighted by atomic mass is 35.5. The van der Waals surface area contributed by atoms with Crippen molar-refractivity contribution in [2.24, 2.45) is 0 Å². The Kier molecular flexibility index (Phi) is 10.3. The third-order valence-corrected chi connectivity index (χ3v) is 9.71. The molecule has 41 heavy (non-hydrogen) atoms. The maximum atomic E-state index is 14.0. The zero-order valence-electron chi connectivity index (χ0n) is 22.6. The van der Waals surface area contributed by atoms with Gasteiger partial charge in [0, 0.05) is 12.6 Å². The molecule has 0 bridgehead atoms. The van der Waals surface area contributed by atoms with Crippen LogP contribution in [0.15, 0.2) is 77.7 Å². The van der Waals surface area contributed by atoms with Gasteiger partial charge < -0.3 is 10.2 Å². The van der Waals surface area contributed by atoms with Crippen LogP contribution in [0.4, 0.5) is 10.1 Å². The van der Waals surface area contributed by atoms with Gasteiger partial charge in [-0.25, -0.2) is 12.8 Å². The van der Waals surface area contributed by atoms with Crippen molar-refractivity contribution in [2.75, 3.05) is 10.8 Å². The van der Waals surface area contributed by atoms with Gasteiger partial charge in [0.2, 0.25) is 11.8 Å². The molecule has 1 unspecified atom stereocenters. The minimum atomic E-state index is -4.23. The van der Waals surface area contributed by atoms with Crippen molar-refractivity contribution in [1.29, 1.82) is 0 Å². The number of carbonyl (C=O) groups excluding carboxylic acids is 2. The number of sulfonamides is 1. The van der Waals surface area contributed by atoms with Crippen molar-refractivity contribution in [3.05, 3.63) is 94.2 Å². The van der Waals surface area contributed by atoms with Crippen LogP contribution in [-0.4, -0.2) is 43.8 Å². The Labute approximate surface area is 250 Å². The maximum absolute atomic E-state index is 14.0. The topological polar surface area (TPSA) is 86.8 Å². The second kappa shape index (κ2) is 13.7. The average molecular weight is 621 g/mol. The number of hydrogen-bond donors (Lipinski definition) is 1. The first-order valence-corrected chi connectivity index (χ1v) is 15.6. The zero-order chi connectivity index (χ0) is 29.6. The van der Waals surface area contributed by atoms with Gasteiger partial charge in [-0.2, -0.15) is 0 Å². The van der Waals surface area contributed by atoms with Crippen LogP contribution in [0.5, 0.6) is 0 Å². The third-order valence-electron chi connectivity index (χ3n) is 7.19. The lowest BCUT2D eigenvalue weighted by Crippen LogP contribution is -2.53. The summed E-state index contributed by atoms with van der Waals surface area (Å²) < 4.78 is 42.2. The molecule has 1 atom stereocenters. The van der Waals surface area contributed by atoms with Crippen LogP contribution in [-0.2, 0) is 26.2 Å². The smallest absolute Gasteiger partial charge is 0.264 e. The molecule has 1 aliphatic rings. The minimum Gasteiger partial charge on any atom is -0.352 e. The molecule has 0 aromatic heterocycles. The molecular weight excluding hydrogens is 588 g/mol. The molecular formula is C30H32Cl2FN3O4S. The summed E-state index contributed by atoms with van der Waals surface area (Å²) in [5, 5.41) is 3.39. The lowest BCUT2D eigenvalue weighted by molar-refractivity contribution is -0.139. The highest BCUT2D eigenvalue weighted by Gasteiger charge is 2.33. The van der Waals surface area contributed by atoms with Gasteiger partial charge >= 0.3 is 0 Å². The van der Waals surface area contributed by atoms with E-state index >= 15 is 0 Å². The first-order valence-electron chi connectivity index (χ1n) is 13.4. The van der Waals surface area contributed by atoms with E-state index in [4.69, 9.17) is 23.2 Å². The van der Waals surface area contributed by atoms with Crippen LogP contribution in [0.3, 0.4) is 0 Å². The Bertz CT molecular complexity index is 1470. The lowest BCUT2D eigenvalue weighted by Gasteiger charge is -2.33. The van der Waals surface area contributed by atoms with Gasteiger partial charge in [0.25, 0.3) is 10.0 Å². The first kappa shape index (κ1) is 30.8. The van der Waals surface area contributed by atoms with Gasteiger partial charge in [-0.15, -0.1) is 0 Å². The van der Waals surface area contributed by atoms with E-state index in [0.717, 1.165) is 36.4 Å². The lowest BCUT2D eigenvalue weighted by atomic mass is 9.95. The molecule has 0 aliphatic heterocycles. The van der Waals surface area contributed by atoms with E-state index in [9.17, 15) is 22.4 Å². The fourth-order valence-corrected chi connectivity index (χ4v) is 6.55. The zero-order valence-corrected chi connectivity index (χ0v) is 24.9. The summed E-state index contributed by atoms with van der Waals surface area (Å²) in [7, 11) is -4.23. The normalized spacial score (nSPS) is 14.7. The number of benzene rings is 3. The molecule has 218 valence electrons. The number of nitrogens with zero attached hydrogens (tertiary/aromatic N) is 2. The average Bonchev–Trinajstić information content (AvgIpc) is 2.97. The monoisotopic (exact) mass is 619 g/mol. The Morgan fingerprint density at radius 1 is 0.951 bits per heavy atom. The minimum absolute atomic E-state index is 0.0210. The molecule has 1 fully saturated rings. The Morgan fingerprint density at radius 2 is 1.61 bits per heavy atom. The second-order valence-electron chi connectivity index (χ2n) is 10.1. The number of rotatable bonds is 10. The second-order valence-corrected chi connectivity index (χ2v) is 12.8. The van der Waals surface area contributed by atoms with Crippen LogP contribution in [0, 0.1) is 5.82 Å². The van der Waals surface area contributed by atoms with Crippen molar-refractivity contribution < 1.29 is 22.4 Å². The highest BCUT2D eigenvalue weighted by molar-refractivity contribution is 7.92. The maximum Gasteiger partial charge on any atom is 0.264 e. The van der Waals surface area contributed by atoms with E-state index in [-0.39, 0.29) is 39.1 Å². The predicted molar refractivity (Wildman–Crippen MR) is 159 cm³/mol. The number of amides is 2. The standard InChI is InChI=1S/C30H32Cl2FN3O4S/c1-21(30(38)34-24-8-4-2-5-9-24)35(19-22-12-14-23(33)15-13-22)29(37)20-36(25-16-17-27(31)28(32)18-25)41(39,40)26-10-6-3-7-11-26/h3,6-7,10-18,21,24H,2,4-5,8-9,19-20H2,1H3,(H,34,38). The SMILES string of the molecule is CC(C(=O)NC1CCCCC1)N(Cc1ccc(F)cc1)C(=O)CN(c1ccc(Cl)c(Cl)c1)S(=O)(=O)c1ccccc1. The van der Waals surface area contributed by atoms with Gasteiger partial charge in [-0.05, 0) is 67.8 Å². The van der Waals surface area contributed by atoms with Crippen LogP contribution in [0.1, 0.15) is 44.6 Å². The van der Waals surface area contributed by atoms with E-state index in [0.29, 0.717) is 5.56 Å². The highest BCUT2D eigenvalue weighted by Crippen LogP contribution is 2.31. The molecule has 1 aliphatic carbocycles. The van der Waals surface area contributed by atoms with Gasteiger partial charge in [-0.1, -0.05) is 72.8 Å². The first-order chi connectivity index (χ1) is 19.6. The van der Waals surface area contributed by atoms with Crippen LogP contribution < -0.4 is 9.62 Å². The fourth-order valence-electron chi connectivity index (χ4n) is 4.83. The number of anilines is 1. The molecule has 0 heterocycles. The molecule has 1 saturated carbocycles.